The van der Waals surface area contributed by atoms with Gasteiger partial charge in [-0.3, -0.25) is 0 Å². The normalized spacial score (nSPS) is 21.7. The van der Waals surface area contributed by atoms with E-state index in [9.17, 15) is 9.18 Å². The first-order valence-electron chi connectivity index (χ1n) is 5.86. The molecule has 0 amide bonds. The summed E-state index contributed by atoms with van der Waals surface area (Å²) in [6, 6.07) is 13.7. The number of carbonyl (C=O) groups excluding carboxylic acids is 1. The molecule has 0 fully saturated rings. The third kappa shape index (κ3) is 2.16. The average Bonchev–Trinajstić information content (AvgIpc) is 2.43. The Morgan fingerprint density at radius 2 is 1.84 bits per heavy atom. The van der Waals surface area contributed by atoms with E-state index in [0.717, 1.165) is 11.1 Å². The lowest BCUT2D eigenvalue weighted by molar-refractivity contribution is 0.0248. The van der Waals surface area contributed by atoms with Gasteiger partial charge >= 0.3 is 5.97 Å². The molecule has 4 heteroatoms. The molecular weight excluding hydrogens is 311 g/mol. The van der Waals surface area contributed by atoms with Crippen LogP contribution in [0.4, 0.5) is 4.39 Å². The Balaban J connectivity index is 2.05. The molecule has 1 aliphatic rings. The quantitative estimate of drug-likeness (QED) is 0.582. The third-order valence-electron chi connectivity index (χ3n) is 3.16. The number of esters is 1. The van der Waals surface area contributed by atoms with Crippen LogP contribution in [0.3, 0.4) is 0 Å². The summed E-state index contributed by atoms with van der Waals surface area (Å²) in [5, 5.41) is 0. The van der Waals surface area contributed by atoms with Crippen LogP contribution in [0, 0.1) is 5.82 Å². The lowest BCUT2D eigenvalue weighted by atomic mass is 9.94. The first-order chi connectivity index (χ1) is 9.16. The minimum Gasteiger partial charge on any atom is -0.452 e. The second-order valence-corrected chi connectivity index (χ2v) is 5.36. The highest BCUT2D eigenvalue weighted by Crippen LogP contribution is 2.44. The Morgan fingerprint density at radius 3 is 2.58 bits per heavy atom. The number of ether oxygens (including phenoxy) is 1. The highest BCUT2D eigenvalue weighted by Gasteiger charge is 2.35. The second-order valence-electron chi connectivity index (χ2n) is 4.37. The van der Waals surface area contributed by atoms with E-state index in [4.69, 9.17) is 4.74 Å². The van der Waals surface area contributed by atoms with Crippen LogP contribution in [-0.2, 0) is 4.74 Å². The van der Waals surface area contributed by atoms with Crippen LogP contribution in [0.1, 0.15) is 32.4 Å². The van der Waals surface area contributed by atoms with Gasteiger partial charge in [-0.1, -0.05) is 52.3 Å². The van der Waals surface area contributed by atoms with Gasteiger partial charge in [-0.05, 0) is 23.3 Å². The number of hydrogen-bond donors (Lipinski definition) is 0. The highest BCUT2D eigenvalue weighted by molar-refractivity contribution is 9.09. The number of carbonyl (C=O) groups is 1. The van der Waals surface area contributed by atoms with Crippen LogP contribution in [0.25, 0.3) is 0 Å². The van der Waals surface area contributed by atoms with Crippen LogP contribution in [0.5, 0.6) is 0 Å². The van der Waals surface area contributed by atoms with Crippen molar-refractivity contribution in [3.05, 3.63) is 71.0 Å². The van der Waals surface area contributed by atoms with E-state index in [1.54, 1.807) is 6.07 Å². The monoisotopic (exact) mass is 320 g/mol. The zero-order valence-electron chi connectivity index (χ0n) is 9.85. The van der Waals surface area contributed by atoms with Crippen molar-refractivity contribution in [2.75, 3.05) is 0 Å². The molecule has 96 valence electrons. The smallest absolute Gasteiger partial charge is 0.339 e. The summed E-state index contributed by atoms with van der Waals surface area (Å²) in [6.07, 6.45) is -0.397. The van der Waals surface area contributed by atoms with Gasteiger partial charge in [0.2, 0.25) is 0 Å². The van der Waals surface area contributed by atoms with E-state index in [1.165, 1.54) is 12.1 Å². The molecule has 0 saturated heterocycles. The molecule has 1 aliphatic heterocycles. The molecule has 0 unspecified atom stereocenters. The molecule has 0 aliphatic carbocycles. The molecule has 0 radical (unpaired) electrons. The van der Waals surface area contributed by atoms with Crippen molar-refractivity contribution >= 4 is 21.9 Å². The van der Waals surface area contributed by atoms with E-state index in [1.807, 2.05) is 30.3 Å². The summed E-state index contributed by atoms with van der Waals surface area (Å²) in [4.78, 5) is 11.8. The Labute approximate surface area is 118 Å². The van der Waals surface area contributed by atoms with Crippen LogP contribution in [0.2, 0.25) is 0 Å². The zero-order valence-corrected chi connectivity index (χ0v) is 11.4. The molecule has 0 aromatic heterocycles. The molecule has 0 N–H and O–H groups in total. The first kappa shape index (κ1) is 12.4. The van der Waals surface area contributed by atoms with Gasteiger partial charge in [-0.25, -0.2) is 9.18 Å². The number of alkyl halides is 1. The SMILES string of the molecule is O=C1O[C@@H](c2ccccc2)[C@H](Br)c2ccc(F)cc21. The predicted octanol–water partition coefficient (Wildman–Crippen LogP) is 4.17. The first-order valence-corrected chi connectivity index (χ1v) is 6.78. The van der Waals surface area contributed by atoms with E-state index in [2.05, 4.69) is 15.9 Å². The Morgan fingerprint density at radius 1 is 1.11 bits per heavy atom. The van der Waals surface area contributed by atoms with E-state index in [-0.39, 0.29) is 10.4 Å². The molecule has 1 heterocycles. The van der Waals surface area contributed by atoms with Crippen LogP contribution < -0.4 is 0 Å². The summed E-state index contributed by atoms with van der Waals surface area (Å²) < 4.78 is 18.6. The van der Waals surface area contributed by atoms with Gasteiger partial charge in [0, 0.05) is 0 Å². The number of fused-ring (bicyclic) bond motifs is 1. The minimum absolute atomic E-state index is 0.178. The van der Waals surface area contributed by atoms with Crippen LogP contribution in [0.15, 0.2) is 48.5 Å². The largest absolute Gasteiger partial charge is 0.452 e. The average molecular weight is 321 g/mol. The topological polar surface area (TPSA) is 26.3 Å². The van der Waals surface area contributed by atoms with Crippen molar-refractivity contribution in [1.29, 1.82) is 0 Å². The van der Waals surface area contributed by atoms with Crippen molar-refractivity contribution in [3.8, 4) is 0 Å². The molecule has 19 heavy (non-hydrogen) atoms. The zero-order chi connectivity index (χ0) is 13.4. The van der Waals surface area contributed by atoms with Gasteiger partial charge in [-0.2, -0.15) is 0 Å². The maximum Gasteiger partial charge on any atom is 0.339 e. The summed E-state index contributed by atoms with van der Waals surface area (Å²) in [5.41, 5.74) is 1.95. The summed E-state index contributed by atoms with van der Waals surface area (Å²) in [7, 11) is 0. The van der Waals surface area contributed by atoms with Crippen LogP contribution >= 0.6 is 15.9 Å². The van der Waals surface area contributed by atoms with E-state index in [0.29, 0.717) is 0 Å². The van der Waals surface area contributed by atoms with Gasteiger partial charge in [0.05, 0.1) is 10.4 Å². The second kappa shape index (κ2) is 4.78. The van der Waals surface area contributed by atoms with Crippen molar-refractivity contribution in [1.82, 2.24) is 0 Å². The standard InChI is InChI=1S/C15H10BrFO2/c16-13-11-7-6-10(17)8-12(11)15(18)19-14(13)9-4-2-1-3-5-9/h1-8,13-14H/t13-,14+/m1/s1. The fraction of sp³-hybridized carbons (Fsp3) is 0.133. The fourth-order valence-electron chi connectivity index (χ4n) is 2.23. The van der Waals surface area contributed by atoms with Gasteiger partial charge < -0.3 is 4.74 Å². The van der Waals surface area contributed by atoms with Gasteiger partial charge in [0.25, 0.3) is 0 Å². The lowest BCUT2D eigenvalue weighted by Crippen LogP contribution is -2.23. The van der Waals surface area contributed by atoms with Gasteiger partial charge in [0.15, 0.2) is 0 Å². The number of halogens is 2. The third-order valence-corrected chi connectivity index (χ3v) is 4.13. The molecular formula is C15H10BrFO2. The highest BCUT2D eigenvalue weighted by atomic mass is 79.9. The molecule has 2 aromatic rings. The van der Waals surface area contributed by atoms with E-state index < -0.39 is 17.9 Å². The summed E-state index contributed by atoms with van der Waals surface area (Å²) >= 11 is 3.54. The Hall–Kier alpha value is -1.68. The number of cyclic esters (lactones) is 1. The molecule has 0 bridgehead atoms. The molecule has 2 atom stereocenters. The molecule has 0 spiro atoms. The summed E-state index contributed by atoms with van der Waals surface area (Å²) in [5.74, 6) is -0.924. The maximum absolute atomic E-state index is 13.2. The lowest BCUT2D eigenvalue weighted by Gasteiger charge is -2.29. The van der Waals surface area contributed by atoms with Crippen LogP contribution in [-0.4, -0.2) is 5.97 Å². The number of rotatable bonds is 1. The van der Waals surface area contributed by atoms with Crippen molar-refractivity contribution in [2.24, 2.45) is 0 Å². The molecule has 2 nitrogen and oxygen atoms in total. The summed E-state index contributed by atoms with van der Waals surface area (Å²) in [6.45, 7) is 0. The number of hydrogen-bond acceptors (Lipinski definition) is 2. The Kier molecular flexibility index (Phi) is 3.11. The van der Waals surface area contributed by atoms with Crippen molar-refractivity contribution in [3.63, 3.8) is 0 Å². The molecule has 0 saturated carbocycles. The van der Waals surface area contributed by atoms with Gasteiger partial charge in [0.1, 0.15) is 11.9 Å². The molecule has 3 rings (SSSR count). The fourth-order valence-corrected chi connectivity index (χ4v) is 3.04. The molecule has 2 aromatic carbocycles. The maximum atomic E-state index is 13.2. The van der Waals surface area contributed by atoms with Crippen molar-refractivity contribution < 1.29 is 13.9 Å². The van der Waals surface area contributed by atoms with E-state index >= 15 is 0 Å². The minimum atomic E-state index is -0.487. The predicted molar refractivity (Wildman–Crippen MR) is 72.7 cm³/mol. The van der Waals surface area contributed by atoms with Gasteiger partial charge in [-0.15, -0.1) is 0 Å². The van der Waals surface area contributed by atoms with Crippen molar-refractivity contribution in [2.45, 2.75) is 10.9 Å². The number of benzene rings is 2. The Bertz CT molecular complexity index is 627.